The van der Waals surface area contributed by atoms with Gasteiger partial charge in [0.1, 0.15) is 17.2 Å². The van der Waals surface area contributed by atoms with Gasteiger partial charge in [0.15, 0.2) is 0 Å². The van der Waals surface area contributed by atoms with Crippen molar-refractivity contribution in [3.8, 4) is 11.3 Å². The molecular formula is C23H16N2O5. The van der Waals surface area contributed by atoms with Gasteiger partial charge in [0.2, 0.25) is 0 Å². The van der Waals surface area contributed by atoms with Crippen molar-refractivity contribution in [1.29, 1.82) is 0 Å². The van der Waals surface area contributed by atoms with Crippen LogP contribution in [0, 0.1) is 0 Å². The van der Waals surface area contributed by atoms with Crippen LogP contribution in [0.25, 0.3) is 22.8 Å². The molecule has 0 atom stereocenters. The summed E-state index contributed by atoms with van der Waals surface area (Å²) in [4.78, 5) is 15.6. The van der Waals surface area contributed by atoms with Crippen LogP contribution in [0.3, 0.4) is 0 Å². The lowest BCUT2D eigenvalue weighted by Gasteiger charge is -2.03. The zero-order chi connectivity index (χ0) is 21.1. The van der Waals surface area contributed by atoms with Crippen LogP contribution in [0.2, 0.25) is 0 Å². The highest BCUT2D eigenvalue weighted by molar-refractivity contribution is 5.93. The molecule has 0 amide bonds. The van der Waals surface area contributed by atoms with Crippen LogP contribution in [0.15, 0.2) is 83.6 Å². The molecule has 148 valence electrons. The third-order valence-corrected chi connectivity index (χ3v) is 4.54. The average molecular weight is 400 g/mol. The summed E-state index contributed by atoms with van der Waals surface area (Å²) in [7, 11) is 0. The van der Waals surface area contributed by atoms with Crippen LogP contribution < -0.4 is 10.4 Å². The standard InChI is InChI=1S/C23H16N2O5/c26-20(14-5-2-1-3-6-14)15-8-10-16(11-9-15)21(27)18-19(17-7-4-12-24-13-17)25-30-22(18)23(28)29/h1-13,26-27H,(H,28,29). The van der Waals surface area contributed by atoms with Gasteiger partial charge in [-0.25, -0.2) is 4.79 Å². The first-order valence-electron chi connectivity index (χ1n) is 8.98. The molecular weight excluding hydrogens is 384 g/mol. The normalized spacial score (nSPS) is 10.5. The molecule has 0 spiro atoms. The molecule has 4 aromatic rings. The van der Waals surface area contributed by atoms with Gasteiger partial charge in [-0.15, -0.1) is 0 Å². The first-order chi connectivity index (χ1) is 14.6. The molecule has 7 nitrogen and oxygen atoms in total. The lowest BCUT2D eigenvalue weighted by atomic mass is 10.0. The number of carboxylic acid groups (broad SMARTS) is 1. The molecule has 0 bridgehead atoms. The van der Waals surface area contributed by atoms with Crippen LogP contribution in [0.1, 0.15) is 21.7 Å². The summed E-state index contributed by atoms with van der Waals surface area (Å²) < 4.78 is 4.97. The van der Waals surface area contributed by atoms with Crippen LogP contribution in [-0.2, 0) is 0 Å². The fourth-order valence-electron chi connectivity index (χ4n) is 3.05. The predicted octanol–water partition coefficient (Wildman–Crippen LogP) is 2.86. The Morgan fingerprint density at radius 3 is 2.07 bits per heavy atom. The summed E-state index contributed by atoms with van der Waals surface area (Å²) >= 11 is 0. The maximum atomic E-state index is 11.6. The topological polar surface area (TPSA) is 117 Å². The molecule has 30 heavy (non-hydrogen) atoms. The van der Waals surface area contributed by atoms with Crippen LogP contribution in [-0.4, -0.2) is 31.4 Å². The van der Waals surface area contributed by atoms with E-state index >= 15 is 0 Å². The highest BCUT2D eigenvalue weighted by atomic mass is 16.5. The lowest BCUT2D eigenvalue weighted by molar-refractivity contribution is 0.0651. The number of hydrogen-bond donors (Lipinski definition) is 3. The third kappa shape index (κ3) is 3.51. The van der Waals surface area contributed by atoms with E-state index in [1.165, 1.54) is 6.20 Å². The molecule has 0 radical (unpaired) electrons. The van der Waals surface area contributed by atoms with Crippen molar-refractivity contribution in [3.63, 3.8) is 0 Å². The van der Waals surface area contributed by atoms with E-state index in [0.29, 0.717) is 21.6 Å². The fourth-order valence-corrected chi connectivity index (χ4v) is 3.05. The number of nitrogens with zero attached hydrogens (tertiary/aromatic N) is 2. The minimum Gasteiger partial charge on any atom is -0.507 e. The smallest absolute Gasteiger partial charge is 0.375 e. The summed E-state index contributed by atoms with van der Waals surface area (Å²) in [5.41, 5.74) is 1.28. The van der Waals surface area contributed by atoms with Crippen molar-refractivity contribution in [3.05, 3.63) is 106 Å². The number of hydrogen-bond acceptors (Lipinski definition) is 6. The molecule has 7 heteroatoms. The number of aromatic nitrogens is 2. The Kier molecular flexibility index (Phi) is 5.00. The van der Waals surface area contributed by atoms with Crippen molar-refractivity contribution in [2.75, 3.05) is 0 Å². The quantitative estimate of drug-likeness (QED) is 0.482. The Balaban J connectivity index is 1.88. The van der Waals surface area contributed by atoms with Crippen molar-refractivity contribution in [1.82, 2.24) is 10.1 Å². The van der Waals surface area contributed by atoms with Gasteiger partial charge in [-0.3, -0.25) is 4.98 Å². The molecule has 0 fully saturated rings. The SMILES string of the molecule is O=C(O)c1onc(-c2cccnc2)c1C(O)=c1ccc(=C(O)c2ccccc2)cc1. The van der Waals surface area contributed by atoms with Gasteiger partial charge in [0.25, 0.3) is 5.76 Å². The second kappa shape index (κ2) is 7.92. The molecule has 0 aliphatic rings. The molecule has 2 aromatic heterocycles. The van der Waals surface area contributed by atoms with E-state index in [-0.39, 0.29) is 22.8 Å². The molecule has 2 aromatic carbocycles. The second-order valence-electron chi connectivity index (χ2n) is 6.42. The van der Waals surface area contributed by atoms with E-state index in [9.17, 15) is 20.1 Å². The molecule has 2 heterocycles. The zero-order valence-corrected chi connectivity index (χ0v) is 15.6. The molecule has 0 saturated carbocycles. The largest absolute Gasteiger partial charge is 0.507 e. The van der Waals surface area contributed by atoms with Crippen molar-refractivity contribution < 1.29 is 24.6 Å². The van der Waals surface area contributed by atoms with Gasteiger partial charge >= 0.3 is 5.97 Å². The number of aliphatic hydroxyl groups excluding tert-OH is 2. The Labute approximate surface area is 170 Å². The Bertz CT molecular complexity index is 1310. The highest BCUT2D eigenvalue weighted by Crippen LogP contribution is 2.28. The van der Waals surface area contributed by atoms with E-state index in [1.54, 1.807) is 54.7 Å². The maximum absolute atomic E-state index is 11.6. The molecule has 0 aliphatic carbocycles. The monoisotopic (exact) mass is 400 g/mol. The van der Waals surface area contributed by atoms with Gasteiger partial charge in [-0.1, -0.05) is 59.8 Å². The second-order valence-corrected chi connectivity index (χ2v) is 6.42. The Morgan fingerprint density at radius 1 is 0.800 bits per heavy atom. The van der Waals surface area contributed by atoms with E-state index in [2.05, 4.69) is 10.1 Å². The van der Waals surface area contributed by atoms with Gasteiger partial charge in [-0.05, 0) is 12.1 Å². The molecule has 0 unspecified atom stereocenters. The molecule has 0 aliphatic heterocycles. The average Bonchev–Trinajstić information content (AvgIpc) is 3.25. The summed E-state index contributed by atoms with van der Waals surface area (Å²) in [6.45, 7) is 0. The van der Waals surface area contributed by atoms with E-state index in [1.807, 2.05) is 18.2 Å². The van der Waals surface area contributed by atoms with Crippen molar-refractivity contribution in [2.45, 2.75) is 0 Å². The van der Waals surface area contributed by atoms with Crippen LogP contribution in [0.5, 0.6) is 0 Å². The summed E-state index contributed by atoms with van der Waals surface area (Å²) in [5.74, 6) is -2.05. The Morgan fingerprint density at radius 2 is 1.47 bits per heavy atom. The van der Waals surface area contributed by atoms with E-state index < -0.39 is 11.7 Å². The van der Waals surface area contributed by atoms with E-state index in [4.69, 9.17) is 4.52 Å². The predicted molar refractivity (Wildman–Crippen MR) is 109 cm³/mol. The maximum Gasteiger partial charge on any atom is 0.375 e. The van der Waals surface area contributed by atoms with Crippen molar-refractivity contribution in [2.24, 2.45) is 0 Å². The van der Waals surface area contributed by atoms with Crippen LogP contribution >= 0.6 is 0 Å². The Hall–Kier alpha value is -4.39. The van der Waals surface area contributed by atoms with E-state index in [0.717, 1.165) is 0 Å². The number of carbonyl (C=O) groups is 1. The number of aliphatic hydroxyl groups is 2. The minimum absolute atomic E-state index is 0.0421. The van der Waals surface area contributed by atoms with Gasteiger partial charge < -0.3 is 19.8 Å². The number of aromatic carboxylic acids is 1. The minimum atomic E-state index is -1.36. The zero-order valence-electron chi connectivity index (χ0n) is 15.6. The summed E-state index contributed by atoms with van der Waals surface area (Å²) in [5, 5.41) is 35.5. The summed E-state index contributed by atoms with van der Waals surface area (Å²) in [6.07, 6.45) is 3.07. The number of benzene rings is 2. The van der Waals surface area contributed by atoms with Gasteiger partial charge in [-0.2, -0.15) is 0 Å². The third-order valence-electron chi connectivity index (χ3n) is 4.54. The van der Waals surface area contributed by atoms with Gasteiger partial charge in [0.05, 0.1) is 5.56 Å². The highest BCUT2D eigenvalue weighted by Gasteiger charge is 2.26. The lowest BCUT2D eigenvalue weighted by Crippen LogP contribution is -2.14. The number of rotatable bonds is 4. The summed E-state index contributed by atoms with van der Waals surface area (Å²) in [6, 6.07) is 18.8. The molecule has 0 saturated heterocycles. The first kappa shape index (κ1) is 18.9. The molecule has 4 rings (SSSR count). The van der Waals surface area contributed by atoms with Crippen LogP contribution in [0.4, 0.5) is 0 Å². The van der Waals surface area contributed by atoms with Crippen molar-refractivity contribution >= 4 is 17.5 Å². The number of pyridine rings is 1. The first-order valence-corrected chi connectivity index (χ1v) is 8.98. The fraction of sp³-hybridized carbons (Fsp3) is 0. The molecule has 3 N–H and O–H groups in total. The van der Waals surface area contributed by atoms with Gasteiger partial charge in [0, 0.05) is 34.0 Å². The number of carboxylic acids is 1.